The van der Waals surface area contributed by atoms with Gasteiger partial charge in [0.15, 0.2) is 0 Å². The van der Waals surface area contributed by atoms with Crippen LogP contribution in [0.3, 0.4) is 0 Å². The standard InChI is InChI=1S/C26H30ClN3O2/c1-29(25(32)20-4-2-3-5-22(20)27)23-9-8-18-6-7-19(16-21(18)23)24(31)30-15-12-26(17-30)10-13-28-14-11-26/h2-7,16,23,28H,8-15,17H2,1H3. The van der Waals surface area contributed by atoms with E-state index in [1.165, 1.54) is 5.56 Å². The van der Waals surface area contributed by atoms with Crippen molar-refractivity contribution in [3.05, 3.63) is 69.7 Å². The number of nitrogens with one attached hydrogen (secondary N) is 1. The van der Waals surface area contributed by atoms with Gasteiger partial charge in [-0.15, -0.1) is 0 Å². The molecule has 1 N–H and O–H groups in total. The summed E-state index contributed by atoms with van der Waals surface area (Å²) in [5, 5.41) is 3.90. The van der Waals surface area contributed by atoms with Gasteiger partial charge in [0.1, 0.15) is 0 Å². The maximum absolute atomic E-state index is 13.4. The molecule has 1 aliphatic carbocycles. The van der Waals surface area contributed by atoms with E-state index in [2.05, 4.69) is 11.4 Å². The number of fused-ring (bicyclic) bond motifs is 1. The van der Waals surface area contributed by atoms with Crippen molar-refractivity contribution >= 4 is 23.4 Å². The molecule has 5 nitrogen and oxygen atoms in total. The Morgan fingerprint density at radius 2 is 1.91 bits per heavy atom. The van der Waals surface area contributed by atoms with Crippen molar-refractivity contribution in [2.45, 2.75) is 38.1 Å². The number of likely N-dealkylation sites (tertiary alicyclic amines) is 1. The van der Waals surface area contributed by atoms with E-state index in [9.17, 15) is 9.59 Å². The predicted molar refractivity (Wildman–Crippen MR) is 126 cm³/mol. The van der Waals surface area contributed by atoms with E-state index < -0.39 is 0 Å². The number of piperidine rings is 1. The Morgan fingerprint density at radius 1 is 1.12 bits per heavy atom. The summed E-state index contributed by atoms with van der Waals surface area (Å²) in [5.74, 6) is 0.0338. The van der Waals surface area contributed by atoms with E-state index in [1.807, 2.05) is 36.2 Å². The molecule has 6 heteroatoms. The molecule has 0 aromatic heterocycles. The van der Waals surface area contributed by atoms with E-state index in [4.69, 9.17) is 11.6 Å². The lowest BCUT2D eigenvalue weighted by molar-refractivity contribution is 0.0730. The van der Waals surface area contributed by atoms with Gasteiger partial charge in [0, 0.05) is 25.7 Å². The van der Waals surface area contributed by atoms with Crippen LogP contribution >= 0.6 is 11.6 Å². The van der Waals surface area contributed by atoms with Crippen LogP contribution in [0, 0.1) is 5.41 Å². The summed E-state index contributed by atoms with van der Waals surface area (Å²) in [4.78, 5) is 30.3. The molecule has 3 aliphatic rings. The number of halogens is 1. The summed E-state index contributed by atoms with van der Waals surface area (Å²) in [6.07, 6.45) is 5.17. The molecule has 2 heterocycles. The Balaban J connectivity index is 1.35. The lowest BCUT2D eigenvalue weighted by Crippen LogP contribution is -2.39. The fourth-order valence-electron chi connectivity index (χ4n) is 5.74. The summed E-state index contributed by atoms with van der Waals surface area (Å²) >= 11 is 6.27. The first-order valence-corrected chi connectivity index (χ1v) is 12.0. The summed E-state index contributed by atoms with van der Waals surface area (Å²) in [7, 11) is 1.83. The average molecular weight is 452 g/mol. The fourth-order valence-corrected chi connectivity index (χ4v) is 5.95. The minimum atomic E-state index is -0.0856. The highest BCUT2D eigenvalue weighted by Crippen LogP contribution is 2.40. The maximum Gasteiger partial charge on any atom is 0.255 e. The SMILES string of the molecule is CN(C(=O)c1ccccc1Cl)C1CCc2ccc(C(=O)N3CCC4(CCNCC4)C3)cc21. The molecule has 2 aromatic carbocycles. The Morgan fingerprint density at radius 3 is 2.69 bits per heavy atom. The largest absolute Gasteiger partial charge is 0.338 e. The molecular weight excluding hydrogens is 422 g/mol. The number of hydrogen-bond acceptors (Lipinski definition) is 3. The summed E-state index contributed by atoms with van der Waals surface area (Å²) < 4.78 is 0. The first-order chi connectivity index (χ1) is 15.5. The second-order valence-corrected chi connectivity index (χ2v) is 10.00. The van der Waals surface area contributed by atoms with Gasteiger partial charge in [0.05, 0.1) is 16.6 Å². The highest BCUT2D eigenvalue weighted by molar-refractivity contribution is 6.33. The fraction of sp³-hybridized carbons (Fsp3) is 0.462. The van der Waals surface area contributed by atoms with Crippen molar-refractivity contribution in [2.24, 2.45) is 5.41 Å². The second kappa shape index (κ2) is 8.53. The van der Waals surface area contributed by atoms with Crippen LogP contribution in [0.5, 0.6) is 0 Å². The molecule has 1 unspecified atom stereocenters. The van der Waals surface area contributed by atoms with Gasteiger partial charge in [0.2, 0.25) is 0 Å². The third kappa shape index (κ3) is 3.82. The van der Waals surface area contributed by atoms with Gasteiger partial charge in [-0.05, 0) is 86.0 Å². The molecule has 0 radical (unpaired) electrons. The summed E-state index contributed by atoms with van der Waals surface area (Å²) in [6, 6.07) is 13.2. The number of benzene rings is 2. The molecule has 168 valence electrons. The Labute approximate surface area is 194 Å². The molecule has 2 aromatic rings. The van der Waals surface area contributed by atoms with Gasteiger partial charge in [-0.2, -0.15) is 0 Å². The molecule has 0 saturated carbocycles. The van der Waals surface area contributed by atoms with Crippen molar-refractivity contribution in [3.8, 4) is 0 Å². The van der Waals surface area contributed by atoms with E-state index >= 15 is 0 Å². The lowest BCUT2D eigenvalue weighted by Gasteiger charge is -2.33. The quantitative estimate of drug-likeness (QED) is 0.756. The van der Waals surface area contributed by atoms with E-state index in [1.54, 1.807) is 17.0 Å². The first-order valence-electron chi connectivity index (χ1n) is 11.6. The van der Waals surface area contributed by atoms with Gasteiger partial charge in [-0.25, -0.2) is 0 Å². The van der Waals surface area contributed by atoms with Gasteiger partial charge < -0.3 is 15.1 Å². The predicted octanol–water partition coefficient (Wildman–Crippen LogP) is 4.32. The van der Waals surface area contributed by atoms with Crippen molar-refractivity contribution in [2.75, 3.05) is 33.2 Å². The topological polar surface area (TPSA) is 52.7 Å². The highest BCUT2D eigenvalue weighted by atomic mass is 35.5. The van der Waals surface area contributed by atoms with Crippen molar-refractivity contribution in [1.82, 2.24) is 15.1 Å². The third-order valence-corrected chi connectivity index (χ3v) is 8.05. The summed E-state index contributed by atoms with van der Waals surface area (Å²) in [6.45, 7) is 3.80. The van der Waals surface area contributed by atoms with Gasteiger partial charge in [-0.3, -0.25) is 9.59 Å². The number of nitrogens with zero attached hydrogens (tertiary/aromatic N) is 2. The van der Waals surface area contributed by atoms with Crippen LogP contribution in [0.25, 0.3) is 0 Å². The second-order valence-electron chi connectivity index (χ2n) is 9.59. The molecule has 2 saturated heterocycles. The molecule has 2 aliphatic heterocycles. The zero-order valence-corrected chi connectivity index (χ0v) is 19.3. The number of carbonyl (C=O) groups excluding carboxylic acids is 2. The smallest absolute Gasteiger partial charge is 0.255 e. The Bertz CT molecular complexity index is 1050. The average Bonchev–Trinajstić information content (AvgIpc) is 3.42. The number of aryl methyl sites for hydroxylation is 1. The molecule has 0 bridgehead atoms. The van der Waals surface area contributed by atoms with Crippen LogP contribution in [0.4, 0.5) is 0 Å². The highest BCUT2D eigenvalue weighted by Gasteiger charge is 2.41. The van der Waals surface area contributed by atoms with Gasteiger partial charge >= 0.3 is 0 Å². The maximum atomic E-state index is 13.4. The molecule has 32 heavy (non-hydrogen) atoms. The minimum Gasteiger partial charge on any atom is -0.338 e. The first kappa shape index (κ1) is 21.5. The van der Waals surface area contributed by atoms with Crippen LogP contribution in [0.2, 0.25) is 5.02 Å². The van der Waals surface area contributed by atoms with E-state index in [0.717, 1.165) is 69.4 Å². The van der Waals surface area contributed by atoms with Crippen LogP contribution < -0.4 is 5.32 Å². The Kier molecular flexibility index (Phi) is 5.72. The van der Waals surface area contributed by atoms with Crippen molar-refractivity contribution in [1.29, 1.82) is 0 Å². The molecule has 5 rings (SSSR count). The molecule has 1 atom stereocenters. The zero-order chi connectivity index (χ0) is 22.3. The normalized spacial score (nSPS) is 21.6. The third-order valence-electron chi connectivity index (χ3n) is 7.72. The summed E-state index contributed by atoms with van der Waals surface area (Å²) in [5.41, 5.74) is 3.86. The lowest BCUT2D eigenvalue weighted by atomic mass is 9.78. The van der Waals surface area contributed by atoms with E-state index in [-0.39, 0.29) is 17.9 Å². The molecular formula is C26H30ClN3O2. The monoisotopic (exact) mass is 451 g/mol. The van der Waals surface area contributed by atoms with Gasteiger partial charge in [0.25, 0.3) is 11.8 Å². The number of rotatable bonds is 3. The van der Waals surface area contributed by atoms with E-state index in [0.29, 0.717) is 16.0 Å². The number of hydrogen-bond donors (Lipinski definition) is 1. The van der Waals surface area contributed by atoms with Crippen molar-refractivity contribution < 1.29 is 9.59 Å². The number of amides is 2. The number of carbonyl (C=O) groups is 2. The Hall–Kier alpha value is -2.37. The van der Waals surface area contributed by atoms with Crippen LogP contribution in [-0.2, 0) is 6.42 Å². The molecule has 2 fully saturated rings. The van der Waals surface area contributed by atoms with Gasteiger partial charge in [-0.1, -0.05) is 29.8 Å². The van der Waals surface area contributed by atoms with Crippen LogP contribution in [-0.4, -0.2) is 54.8 Å². The van der Waals surface area contributed by atoms with Crippen molar-refractivity contribution in [3.63, 3.8) is 0 Å². The zero-order valence-electron chi connectivity index (χ0n) is 18.6. The molecule has 2 amide bonds. The molecule has 1 spiro atoms. The minimum absolute atomic E-state index is 0.0455. The van der Waals surface area contributed by atoms with Crippen LogP contribution in [0.1, 0.15) is 63.6 Å². The van der Waals surface area contributed by atoms with Crippen LogP contribution in [0.15, 0.2) is 42.5 Å².